The van der Waals surface area contributed by atoms with Crippen molar-refractivity contribution >= 4 is 16.0 Å². The summed E-state index contributed by atoms with van der Waals surface area (Å²) in [6, 6.07) is 2.76. The molecule has 1 unspecified atom stereocenters. The van der Waals surface area contributed by atoms with Gasteiger partial charge in [-0.15, -0.1) is 0 Å². The molecule has 0 aliphatic heterocycles. The van der Waals surface area contributed by atoms with Crippen molar-refractivity contribution in [1.82, 2.24) is 4.72 Å². The molecule has 19 heavy (non-hydrogen) atoms. The van der Waals surface area contributed by atoms with Gasteiger partial charge in [-0.3, -0.25) is 4.79 Å². The molecular weight excluding hydrogens is 272 g/mol. The zero-order chi connectivity index (χ0) is 14.5. The molecule has 2 N–H and O–H groups in total. The minimum absolute atomic E-state index is 0.152. The van der Waals surface area contributed by atoms with Crippen molar-refractivity contribution in [3.05, 3.63) is 17.9 Å². The molecule has 7 nitrogen and oxygen atoms in total. The minimum atomic E-state index is -4.07. The van der Waals surface area contributed by atoms with E-state index in [1.807, 2.05) is 6.92 Å². The average molecular weight is 286 g/mol. The van der Waals surface area contributed by atoms with Crippen molar-refractivity contribution in [3.63, 3.8) is 0 Å². The van der Waals surface area contributed by atoms with Crippen LogP contribution in [0.1, 0.15) is 31.9 Å². The van der Waals surface area contributed by atoms with E-state index in [1.165, 1.54) is 6.07 Å². The molecule has 0 radical (unpaired) electrons. The monoisotopic (exact) mass is 286 g/mol. The van der Waals surface area contributed by atoms with Crippen LogP contribution in [-0.4, -0.2) is 25.5 Å². The predicted molar refractivity (Wildman–Crippen MR) is 64.7 cm³/mol. The highest BCUT2D eigenvalue weighted by Crippen LogP contribution is 2.14. The van der Waals surface area contributed by atoms with Crippen LogP contribution in [0.15, 0.2) is 21.6 Å². The number of carboxylic acid groups (broad SMARTS) is 1. The molecule has 0 bridgehead atoms. The molecule has 104 valence electrons. The highest BCUT2D eigenvalue weighted by Gasteiger charge is 2.27. The van der Waals surface area contributed by atoms with Crippen molar-refractivity contribution < 1.29 is 22.7 Å². The number of carboxylic acids is 1. The average Bonchev–Trinajstić information content (AvgIpc) is 2.83. The smallest absolute Gasteiger partial charge is 0.321 e. The fourth-order valence-corrected chi connectivity index (χ4v) is 2.57. The number of furan rings is 1. The Morgan fingerprint density at radius 1 is 1.58 bits per heavy atom. The lowest BCUT2D eigenvalue weighted by Gasteiger charge is -2.12. The summed E-state index contributed by atoms with van der Waals surface area (Å²) in [7, 11) is -4.07. The second-order valence-electron chi connectivity index (χ2n) is 3.88. The van der Waals surface area contributed by atoms with Gasteiger partial charge in [-0.2, -0.15) is 9.98 Å². The van der Waals surface area contributed by atoms with Crippen LogP contribution in [0.2, 0.25) is 0 Å². The number of unbranched alkanes of at least 4 members (excludes halogenated alkanes) is 1. The SMILES string of the molecule is CCCCC(NS(=O)(=O)c1ccc(C#N)o1)C(=O)O. The maximum atomic E-state index is 11.9. The quantitative estimate of drug-likeness (QED) is 0.773. The maximum absolute atomic E-state index is 11.9. The molecular formula is C11H14N2O5S. The Hall–Kier alpha value is -1.85. The molecule has 0 aliphatic carbocycles. The molecule has 1 aromatic rings. The van der Waals surface area contributed by atoms with Gasteiger partial charge in [-0.25, -0.2) is 8.42 Å². The third-order valence-electron chi connectivity index (χ3n) is 2.40. The number of aliphatic carboxylic acids is 1. The standard InChI is InChI=1S/C11H14N2O5S/c1-2-3-4-9(11(14)15)13-19(16,17)10-6-5-8(7-12)18-10/h5-6,9,13H,2-4H2,1H3,(H,14,15). The van der Waals surface area contributed by atoms with E-state index in [4.69, 9.17) is 14.8 Å². The van der Waals surface area contributed by atoms with E-state index < -0.39 is 27.1 Å². The van der Waals surface area contributed by atoms with Crippen LogP contribution >= 0.6 is 0 Å². The summed E-state index contributed by atoms with van der Waals surface area (Å²) < 4.78 is 30.6. The molecule has 1 rings (SSSR count). The topological polar surface area (TPSA) is 120 Å². The van der Waals surface area contributed by atoms with E-state index in [0.717, 1.165) is 12.5 Å². The van der Waals surface area contributed by atoms with Gasteiger partial charge in [0.15, 0.2) is 0 Å². The highest BCUT2D eigenvalue weighted by molar-refractivity contribution is 7.89. The number of sulfonamides is 1. The summed E-state index contributed by atoms with van der Waals surface area (Å²) in [6.07, 6.45) is 1.53. The Morgan fingerprint density at radius 3 is 2.74 bits per heavy atom. The number of nitrogens with zero attached hydrogens (tertiary/aromatic N) is 1. The Labute approximate surface area is 110 Å². The number of hydrogen-bond acceptors (Lipinski definition) is 5. The lowest BCUT2D eigenvalue weighted by molar-refractivity contribution is -0.139. The van der Waals surface area contributed by atoms with E-state index in [2.05, 4.69) is 4.72 Å². The van der Waals surface area contributed by atoms with Gasteiger partial charge < -0.3 is 9.52 Å². The van der Waals surface area contributed by atoms with E-state index in [1.54, 1.807) is 6.07 Å². The zero-order valence-electron chi connectivity index (χ0n) is 10.3. The molecule has 8 heteroatoms. The second kappa shape index (κ2) is 6.36. The summed E-state index contributed by atoms with van der Waals surface area (Å²) in [5.41, 5.74) is 0. The fraction of sp³-hybridized carbons (Fsp3) is 0.455. The van der Waals surface area contributed by atoms with E-state index in [9.17, 15) is 13.2 Å². The number of nitriles is 1. The van der Waals surface area contributed by atoms with Crippen molar-refractivity contribution in [2.24, 2.45) is 0 Å². The largest absolute Gasteiger partial charge is 0.480 e. The van der Waals surface area contributed by atoms with E-state index in [-0.39, 0.29) is 12.2 Å². The van der Waals surface area contributed by atoms with E-state index >= 15 is 0 Å². The van der Waals surface area contributed by atoms with Gasteiger partial charge >= 0.3 is 5.97 Å². The molecule has 0 aromatic carbocycles. The molecule has 0 aliphatic rings. The minimum Gasteiger partial charge on any atom is -0.480 e. The number of rotatable bonds is 7. The Bertz CT molecular complexity index is 584. The van der Waals surface area contributed by atoms with Crippen LogP contribution in [0.25, 0.3) is 0 Å². The normalized spacial score (nSPS) is 12.8. The first-order valence-electron chi connectivity index (χ1n) is 5.65. The van der Waals surface area contributed by atoms with Gasteiger partial charge in [0, 0.05) is 0 Å². The van der Waals surface area contributed by atoms with Gasteiger partial charge in [0.05, 0.1) is 0 Å². The van der Waals surface area contributed by atoms with Gasteiger partial charge in [0.1, 0.15) is 12.1 Å². The third kappa shape index (κ3) is 4.08. The summed E-state index contributed by atoms with van der Waals surface area (Å²) in [4.78, 5) is 11.0. The van der Waals surface area contributed by atoms with Crippen LogP contribution in [0.4, 0.5) is 0 Å². The number of carbonyl (C=O) groups is 1. The third-order valence-corrected chi connectivity index (χ3v) is 3.74. The molecule has 1 aromatic heterocycles. The molecule has 0 amide bonds. The highest BCUT2D eigenvalue weighted by atomic mass is 32.2. The van der Waals surface area contributed by atoms with Crippen molar-refractivity contribution in [3.8, 4) is 6.07 Å². The molecule has 0 saturated heterocycles. The first-order valence-corrected chi connectivity index (χ1v) is 7.14. The predicted octanol–water partition coefficient (Wildman–Crippen LogP) is 1.07. The Kier molecular flexibility index (Phi) is 5.09. The summed E-state index contributed by atoms with van der Waals surface area (Å²) in [5, 5.41) is 17.0. The van der Waals surface area contributed by atoms with Gasteiger partial charge in [0.25, 0.3) is 10.0 Å². The summed E-state index contributed by atoms with van der Waals surface area (Å²) in [5.74, 6) is -1.40. The first-order chi connectivity index (χ1) is 8.90. The summed E-state index contributed by atoms with van der Waals surface area (Å²) in [6.45, 7) is 1.87. The molecule has 1 heterocycles. The summed E-state index contributed by atoms with van der Waals surface area (Å²) >= 11 is 0. The Morgan fingerprint density at radius 2 is 2.26 bits per heavy atom. The van der Waals surface area contributed by atoms with Crippen LogP contribution < -0.4 is 4.72 Å². The Balaban J connectivity index is 2.88. The molecule has 0 saturated carbocycles. The molecule has 0 spiro atoms. The van der Waals surface area contributed by atoms with Crippen LogP contribution in [0.3, 0.4) is 0 Å². The lowest BCUT2D eigenvalue weighted by Crippen LogP contribution is -2.40. The van der Waals surface area contributed by atoms with Crippen molar-refractivity contribution in [2.75, 3.05) is 0 Å². The van der Waals surface area contributed by atoms with Gasteiger partial charge in [-0.05, 0) is 18.6 Å². The number of hydrogen-bond donors (Lipinski definition) is 2. The van der Waals surface area contributed by atoms with Crippen molar-refractivity contribution in [2.45, 2.75) is 37.3 Å². The fourth-order valence-electron chi connectivity index (χ4n) is 1.41. The van der Waals surface area contributed by atoms with Gasteiger partial charge in [-0.1, -0.05) is 19.8 Å². The first kappa shape index (κ1) is 15.2. The lowest BCUT2D eigenvalue weighted by atomic mass is 10.1. The van der Waals surface area contributed by atoms with Crippen LogP contribution in [-0.2, 0) is 14.8 Å². The second-order valence-corrected chi connectivity index (χ2v) is 5.53. The van der Waals surface area contributed by atoms with Crippen LogP contribution in [0.5, 0.6) is 0 Å². The van der Waals surface area contributed by atoms with Gasteiger partial charge in [0.2, 0.25) is 10.9 Å². The van der Waals surface area contributed by atoms with Crippen molar-refractivity contribution in [1.29, 1.82) is 5.26 Å². The number of nitrogens with one attached hydrogen (secondary N) is 1. The molecule has 0 fully saturated rings. The zero-order valence-corrected chi connectivity index (χ0v) is 11.1. The maximum Gasteiger partial charge on any atom is 0.321 e. The van der Waals surface area contributed by atoms with Crippen LogP contribution in [0, 0.1) is 11.3 Å². The molecule has 1 atom stereocenters. The van der Waals surface area contributed by atoms with E-state index in [0.29, 0.717) is 6.42 Å².